The molecule has 1 heterocycles. The lowest BCUT2D eigenvalue weighted by Gasteiger charge is -2.02. The third-order valence-corrected chi connectivity index (χ3v) is 2.48. The van der Waals surface area contributed by atoms with Gasteiger partial charge in [0.25, 0.3) is 0 Å². The number of hydrogen-bond acceptors (Lipinski definition) is 3. The zero-order valence-corrected chi connectivity index (χ0v) is 8.46. The largest absolute Gasteiger partial charge is 0.428 e. The van der Waals surface area contributed by atoms with E-state index in [1.165, 1.54) is 0 Å². The minimum atomic E-state index is -1.11. The first-order chi connectivity index (χ1) is 6.09. The molecule has 0 amide bonds. The molecule has 1 unspecified atom stereocenters. The lowest BCUT2D eigenvalue weighted by Crippen LogP contribution is -1.97. The summed E-state index contributed by atoms with van der Waals surface area (Å²) in [6.07, 6.45) is -1.11. The van der Waals surface area contributed by atoms with Crippen LogP contribution in [0, 0.1) is 6.92 Å². The lowest BCUT2D eigenvalue weighted by atomic mass is 10.0. The first kappa shape index (κ1) is 8.72. The number of aryl methyl sites for hydroxylation is 1. The molecule has 1 aliphatic rings. The van der Waals surface area contributed by atoms with Crippen LogP contribution in [-0.4, -0.2) is 11.1 Å². The predicted molar refractivity (Wildman–Crippen MR) is 49.3 cm³/mol. The molecule has 4 heteroatoms. The van der Waals surface area contributed by atoms with E-state index in [1.54, 1.807) is 6.07 Å². The second kappa shape index (κ2) is 2.82. The van der Waals surface area contributed by atoms with Gasteiger partial charge >= 0.3 is 5.97 Å². The van der Waals surface area contributed by atoms with Crippen molar-refractivity contribution >= 4 is 21.9 Å². The van der Waals surface area contributed by atoms with E-state index in [1.807, 2.05) is 13.0 Å². The van der Waals surface area contributed by atoms with Crippen molar-refractivity contribution < 1.29 is 14.6 Å². The topological polar surface area (TPSA) is 46.5 Å². The number of rotatable bonds is 0. The lowest BCUT2D eigenvalue weighted by molar-refractivity contribution is -0.0548. The number of benzene rings is 1. The molecule has 1 atom stereocenters. The van der Waals surface area contributed by atoms with E-state index in [-0.39, 0.29) is 0 Å². The second-order valence-corrected chi connectivity index (χ2v) is 3.86. The van der Waals surface area contributed by atoms with E-state index in [4.69, 9.17) is 0 Å². The summed E-state index contributed by atoms with van der Waals surface area (Å²) in [7, 11) is 0. The van der Waals surface area contributed by atoms with Crippen molar-refractivity contribution in [2.24, 2.45) is 0 Å². The van der Waals surface area contributed by atoms with Gasteiger partial charge in [0.05, 0.1) is 5.56 Å². The number of aliphatic hydroxyl groups is 1. The summed E-state index contributed by atoms with van der Waals surface area (Å²) in [5.41, 5.74) is 1.83. The summed E-state index contributed by atoms with van der Waals surface area (Å²) >= 11 is 3.29. The number of carbonyl (C=O) groups excluding carboxylic acids is 1. The van der Waals surface area contributed by atoms with Crippen LogP contribution < -0.4 is 0 Å². The van der Waals surface area contributed by atoms with Gasteiger partial charge in [-0.3, -0.25) is 0 Å². The molecule has 0 spiro atoms. The molecule has 0 radical (unpaired) electrons. The Morgan fingerprint density at radius 1 is 1.54 bits per heavy atom. The van der Waals surface area contributed by atoms with Gasteiger partial charge in [0.2, 0.25) is 6.29 Å². The van der Waals surface area contributed by atoms with Crippen LogP contribution in [-0.2, 0) is 4.74 Å². The van der Waals surface area contributed by atoms with Gasteiger partial charge < -0.3 is 9.84 Å². The van der Waals surface area contributed by atoms with Crippen molar-refractivity contribution in [3.63, 3.8) is 0 Å². The van der Waals surface area contributed by atoms with E-state index in [2.05, 4.69) is 20.7 Å². The van der Waals surface area contributed by atoms with E-state index >= 15 is 0 Å². The zero-order chi connectivity index (χ0) is 9.59. The molecule has 3 nitrogen and oxygen atoms in total. The Morgan fingerprint density at radius 3 is 2.92 bits per heavy atom. The molecule has 13 heavy (non-hydrogen) atoms. The summed E-state index contributed by atoms with van der Waals surface area (Å²) in [4.78, 5) is 11.2. The van der Waals surface area contributed by atoms with Gasteiger partial charge in [0.1, 0.15) is 0 Å². The quantitative estimate of drug-likeness (QED) is 0.708. The van der Waals surface area contributed by atoms with Crippen LogP contribution in [0.1, 0.15) is 27.8 Å². The monoisotopic (exact) mass is 242 g/mol. The van der Waals surface area contributed by atoms with E-state index in [0.717, 1.165) is 10.0 Å². The van der Waals surface area contributed by atoms with Crippen LogP contribution in [0.15, 0.2) is 16.6 Å². The molecule has 2 rings (SSSR count). The summed E-state index contributed by atoms with van der Waals surface area (Å²) in [6, 6.07) is 3.51. The van der Waals surface area contributed by atoms with E-state index < -0.39 is 12.3 Å². The normalized spacial score (nSPS) is 19.9. The van der Waals surface area contributed by atoms with Crippen LogP contribution in [0.5, 0.6) is 0 Å². The highest BCUT2D eigenvalue weighted by Gasteiger charge is 2.31. The molecule has 0 aliphatic carbocycles. The third kappa shape index (κ3) is 1.26. The van der Waals surface area contributed by atoms with Gasteiger partial charge in [0, 0.05) is 10.0 Å². The van der Waals surface area contributed by atoms with Crippen LogP contribution >= 0.6 is 15.9 Å². The third-order valence-electron chi connectivity index (χ3n) is 2.02. The fourth-order valence-corrected chi connectivity index (χ4v) is 2.06. The Balaban J connectivity index is 2.69. The highest BCUT2D eigenvalue weighted by molar-refractivity contribution is 9.10. The maximum absolute atomic E-state index is 11.2. The highest BCUT2D eigenvalue weighted by Crippen LogP contribution is 2.33. The number of fused-ring (bicyclic) bond motifs is 1. The summed E-state index contributed by atoms with van der Waals surface area (Å²) in [5.74, 6) is -0.451. The molecule has 1 aromatic carbocycles. The van der Waals surface area contributed by atoms with Crippen LogP contribution in [0.3, 0.4) is 0 Å². The smallest absolute Gasteiger partial charge is 0.341 e. The molecule has 0 saturated carbocycles. The SMILES string of the molecule is Cc1cc(Br)cc2c1C(=O)OC2O. The summed E-state index contributed by atoms with van der Waals surface area (Å²) in [6.45, 7) is 1.81. The van der Waals surface area contributed by atoms with Gasteiger partial charge in [-0.15, -0.1) is 0 Å². The molecule has 0 aromatic heterocycles. The van der Waals surface area contributed by atoms with Crippen molar-refractivity contribution in [1.82, 2.24) is 0 Å². The zero-order valence-electron chi connectivity index (χ0n) is 6.87. The first-order valence-electron chi connectivity index (χ1n) is 3.78. The molecule has 1 N–H and O–H groups in total. The number of esters is 1. The van der Waals surface area contributed by atoms with Gasteiger partial charge in [-0.05, 0) is 24.6 Å². The average Bonchev–Trinajstić information content (AvgIpc) is 2.27. The molecule has 1 aliphatic heterocycles. The van der Waals surface area contributed by atoms with Gasteiger partial charge in [-0.1, -0.05) is 15.9 Å². The van der Waals surface area contributed by atoms with Crippen molar-refractivity contribution in [3.05, 3.63) is 33.3 Å². The number of carbonyl (C=O) groups is 1. The van der Waals surface area contributed by atoms with Crippen LogP contribution in [0.2, 0.25) is 0 Å². The molecular weight excluding hydrogens is 236 g/mol. The van der Waals surface area contributed by atoms with Crippen LogP contribution in [0.4, 0.5) is 0 Å². The Hall–Kier alpha value is -0.870. The van der Waals surface area contributed by atoms with E-state index in [0.29, 0.717) is 11.1 Å². The molecule has 0 bridgehead atoms. The molecule has 68 valence electrons. The highest BCUT2D eigenvalue weighted by atomic mass is 79.9. The van der Waals surface area contributed by atoms with E-state index in [9.17, 15) is 9.90 Å². The average molecular weight is 243 g/mol. The number of hydrogen-bond donors (Lipinski definition) is 1. The summed E-state index contributed by atoms with van der Waals surface area (Å²) in [5, 5.41) is 9.34. The van der Waals surface area contributed by atoms with Crippen molar-refractivity contribution in [2.45, 2.75) is 13.2 Å². The number of aliphatic hydroxyl groups excluding tert-OH is 1. The Labute approximate surface area is 83.5 Å². The maximum atomic E-state index is 11.2. The van der Waals surface area contributed by atoms with Crippen molar-refractivity contribution in [3.8, 4) is 0 Å². The van der Waals surface area contributed by atoms with Crippen molar-refractivity contribution in [2.75, 3.05) is 0 Å². The Kier molecular flexibility index (Phi) is 1.89. The minimum Gasteiger partial charge on any atom is -0.428 e. The molecule has 1 aromatic rings. The first-order valence-corrected chi connectivity index (χ1v) is 4.58. The minimum absolute atomic E-state index is 0.451. The number of halogens is 1. The second-order valence-electron chi connectivity index (χ2n) is 2.94. The fraction of sp³-hybridized carbons (Fsp3) is 0.222. The number of cyclic esters (lactones) is 1. The Morgan fingerprint density at radius 2 is 2.23 bits per heavy atom. The molecule has 0 saturated heterocycles. The molecule has 0 fully saturated rings. The summed E-state index contributed by atoms with van der Waals surface area (Å²) < 4.78 is 5.50. The van der Waals surface area contributed by atoms with Gasteiger partial charge in [-0.2, -0.15) is 0 Å². The fourth-order valence-electron chi connectivity index (χ4n) is 1.47. The number of ether oxygens (including phenoxy) is 1. The van der Waals surface area contributed by atoms with Gasteiger partial charge in [0.15, 0.2) is 0 Å². The Bertz CT molecular complexity index is 387. The van der Waals surface area contributed by atoms with Crippen molar-refractivity contribution in [1.29, 1.82) is 0 Å². The standard InChI is InChI=1S/C9H7BrO3/c1-4-2-5(10)3-6-7(4)9(12)13-8(6)11/h2-3,8,11H,1H3. The maximum Gasteiger partial charge on any atom is 0.341 e. The van der Waals surface area contributed by atoms with Crippen LogP contribution in [0.25, 0.3) is 0 Å². The van der Waals surface area contributed by atoms with Gasteiger partial charge in [-0.25, -0.2) is 4.79 Å². The molecular formula is C9H7BrO3. The predicted octanol–water partition coefficient (Wildman–Crippen LogP) is 1.92.